The van der Waals surface area contributed by atoms with E-state index in [1.54, 1.807) is 12.3 Å². The predicted molar refractivity (Wildman–Crippen MR) is 92.8 cm³/mol. The minimum Gasteiger partial charge on any atom is -0.465 e. The molecular formula is C14H23ClN2O4S2. The fourth-order valence-corrected chi connectivity index (χ4v) is 5.93. The van der Waals surface area contributed by atoms with Gasteiger partial charge in [0.15, 0.2) is 0 Å². The van der Waals surface area contributed by atoms with Crippen LogP contribution in [0.2, 0.25) is 0 Å². The Kier molecular flexibility index (Phi) is 6.26. The zero-order valence-corrected chi connectivity index (χ0v) is 16.1. The Labute approximate surface area is 147 Å². The number of nitrogens with zero attached hydrogens (tertiary/aromatic N) is 1. The number of sulfonamides is 1. The molecule has 0 radical (unpaired) electrons. The highest BCUT2D eigenvalue weighted by Crippen LogP contribution is 2.35. The highest BCUT2D eigenvalue weighted by atomic mass is 35.5. The van der Waals surface area contributed by atoms with Crippen molar-refractivity contribution in [1.82, 2.24) is 4.31 Å². The summed E-state index contributed by atoms with van der Waals surface area (Å²) in [5.41, 5.74) is 6.34. The first-order chi connectivity index (χ1) is 10.1. The first-order valence-corrected chi connectivity index (χ1v) is 9.35. The van der Waals surface area contributed by atoms with Crippen molar-refractivity contribution >= 4 is 39.7 Å². The van der Waals surface area contributed by atoms with Crippen LogP contribution >= 0.6 is 23.7 Å². The highest BCUT2D eigenvalue weighted by molar-refractivity contribution is 7.89. The van der Waals surface area contributed by atoms with Crippen LogP contribution < -0.4 is 5.73 Å². The van der Waals surface area contributed by atoms with E-state index >= 15 is 0 Å². The third kappa shape index (κ3) is 3.71. The molecule has 9 heteroatoms. The maximum Gasteiger partial charge on any atom is 0.349 e. The molecule has 6 nitrogen and oxygen atoms in total. The van der Waals surface area contributed by atoms with E-state index in [1.165, 1.54) is 11.4 Å². The molecule has 132 valence electrons. The number of ether oxygens (including phenoxy) is 1. The summed E-state index contributed by atoms with van der Waals surface area (Å²) in [6.07, 6.45) is 0.600. The Balaban J connectivity index is 0.00000264. The number of methoxy groups -OCH3 is 1. The second kappa shape index (κ2) is 7.06. The molecule has 0 aromatic carbocycles. The summed E-state index contributed by atoms with van der Waals surface area (Å²) >= 11 is 1.10. The first kappa shape index (κ1) is 20.4. The van der Waals surface area contributed by atoms with Crippen molar-refractivity contribution in [3.63, 3.8) is 0 Å². The van der Waals surface area contributed by atoms with Crippen LogP contribution in [0.3, 0.4) is 0 Å². The summed E-state index contributed by atoms with van der Waals surface area (Å²) in [5, 5.41) is 1.67. The smallest absolute Gasteiger partial charge is 0.349 e. The van der Waals surface area contributed by atoms with Gasteiger partial charge in [-0.05, 0) is 29.7 Å². The predicted octanol–water partition coefficient (Wildman–Crippen LogP) is 2.01. The van der Waals surface area contributed by atoms with Gasteiger partial charge in [0.1, 0.15) is 9.77 Å². The van der Waals surface area contributed by atoms with Crippen molar-refractivity contribution in [3.05, 3.63) is 15.8 Å². The second-order valence-electron chi connectivity index (χ2n) is 6.29. The van der Waals surface area contributed by atoms with E-state index in [4.69, 9.17) is 10.5 Å². The molecule has 1 aromatic heterocycles. The minimum atomic E-state index is -3.74. The fourth-order valence-electron chi connectivity index (χ4n) is 2.65. The Morgan fingerprint density at radius 2 is 2.09 bits per heavy atom. The van der Waals surface area contributed by atoms with Crippen LogP contribution in [0.15, 0.2) is 10.3 Å². The summed E-state index contributed by atoms with van der Waals surface area (Å²) in [6.45, 7) is 6.31. The number of rotatable bonds is 3. The number of esters is 1. The molecule has 2 rings (SSSR count). The van der Waals surface area contributed by atoms with Gasteiger partial charge < -0.3 is 10.5 Å². The van der Waals surface area contributed by atoms with Gasteiger partial charge in [-0.3, -0.25) is 0 Å². The molecule has 1 fully saturated rings. The van der Waals surface area contributed by atoms with E-state index in [-0.39, 0.29) is 33.6 Å². The normalized spacial score (nSPS) is 21.5. The number of thiophene rings is 1. The molecule has 1 aliphatic rings. The lowest BCUT2D eigenvalue weighted by atomic mass is 9.81. The van der Waals surface area contributed by atoms with Crippen LogP contribution in [-0.4, -0.2) is 44.9 Å². The van der Waals surface area contributed by atoms with Gasteiger partial charge in [-0.15, -0.1) is 23.7 Å². The largest absolute Gasteiger partial charge is 0.465 e. The maximum atomic E-state index is 13.0. The quantitative estimate of drug-likeness (QED) is 0.807. The van der Waals surface area contributed by atoms with Crippen LogP contribution in [0.25, 0.3) is 0 Å². The monoisotopic (exact) mass is 382 g/mol. The number of piperidine rings is 1. The SMILES string of the molecule is COC(=O)c1scc(C)c1S(=O)(=O)N1CCC(N)C(C)(C)C1.Cl. The zero-order valence-electron chi connectivity index (χ0n) is 13.7. The van der Waals surface area contributed by atoms with Gasteiger partial charge in [-0.25, -0.2) is 13.2 Å². The van der Waals surface area contributed by atoms with E-state index in [0.29, 0.717) is 25.1 Å². The molecule has 0 saturated carbocycles. The van der Waals surface area contributed by atoms with Crippen molar-refractivity contribution in [1.29, 1.82) is 0 Å². The topological polar surface area (TPSA) is 89.7 Å². The molecule has 1 atom stereocenters. The van der Waals surface area contributed by atoms with E-state index in [9.17, 15) is 13.2 Å². The summed E-state index contributed by atoms with van der Waals surface area (Å²) in [5.74, 6) is -0.621. The molecule has 0 aliphatic carbocycles. The van der Waals surface area contributed by atoms with Crippen molar-refractivity contribution in [3.8, 4) is 0 Å². The molecule has 2 heterocycles. The molecule has 0 bridgehead atoms. The minimum absolute atomic E-state index is 0. The summed E-state index contributed by atoms with van der Waals surface area (Å²) < 4.78 is 32.1. The third-order valence-corrected chi connectivity index (χ3v) is 7.40. The van der Waals surface area contributed by atoms with Crippen molar-refractivity contribution < 1.29 is 17.9 Å². The van der Waals surface area contributed by atoms with E-state index in [0.717, 1.165) is 11.3 Å². The molecular weight excluding hydrogens is 360 g/mol. The van der Waals surface area contributed by atoms with Crippen molar-refractivity contribution in [2.45, 2.75) is 38.1 Å². The number of aryl methyl sites for hydroxylation is 1. The second-order valence-corrected chi connectivity index (χ2v) is 9.05. The number of hydrogen-bond donors (Lipinski definition) is 1. The van der Waals surface area contributed by atoms with Crippen LogP contribution in [0.5, 0.6) is 0 Å². The van der Waals surface area contributed by atoms with Crippen molar-refractivity contribution in [2.24, 2.45) is 11.1 Å². The van der Waals surface area contributed by atoms with Crippen molar-refractivity contribution in [2.75, 3.05) is 20.2 Å². The maximum absolute atomic E-state index is 13.0. The lowest BCUT2D eigenvalue weighted by Crippen LogP contribution is -2.54. The average molecular weight is 383 g/mol. The summed E-state index contributed by atoms with van der Waals surface area (Å²) in [7, 11) is -2.50. The lowest BCUT2D eigenvalue weighted by Gasteiger charge is -2.41. The fraction of sp³-hybridized carbons (Fsp3) is 0.643. The molecule has 1 aliphatic heterocycles. The van der Waals surface area contributed by atoms with Gasteiger partial charge >= 0.3 is 5.97 Å². The Morgan fingerprint density at radius 3 is 2.61 bits per heavy atom. The number of hydrogen-bond acceptors (Lipinski definition) is 6. The molecule has 1 aromatic rings. The van der Waals surface area contributed by atoms with Gasteiger partial charge in [0.2, 0.25) is 10.0 Å². The van der Waals surface area contributed by atoms with Gasteiger partial charge in [0, 0.05) is 19.1 Å². The molecule has 2 N–H and O–H groups in total. The molecule has 0 amide bonds. The Bertz CT molecular complexity index is 685. The lowest BCUT2D eigenvalue weighted by molar-refractivity contribution is 0.0602. The van der Waals surface area contributed by atoms with E-state index < -0.39 is 16.0 Å². The van der Waals surface area contributed by atoms with Gasteiger partial charge in [-0.1, -0.05) is 13.8 Å². The van der Waals surface area contributed by atoms with Crippen LogP contribution in [0.4, 0.5) is 0 Å². The van der Waals surface area contributed by atoms with E-state index in [2.05, 4.69) is 0 Å². The standard InChI is InChI=1S/C14H22N2O4S2.ClH/c1-9-7-21-11(13(17)20-4)12(9)22(18,19)16-6-5-10(15)14(2,3)8-16;/h7,10H,5-6,8,15H2,1-4H3;1H. The van der Waals surface area contributed by atoms with Crippen LogP contribution in [-0.2, 0) is 14.8 Å². The molecule has 23 heavy (non-hydrogen) atoms. The zero-order chi connectivity index (χ0) is 16.7. The van der Waals surface area contributed by atoms with Gasteiger partial charge in [-0.2, -0.15) is 4.31 Å². The van der Waals surface area contributed by atoms with E-state index in [1.807, 2.05) is 13.8 Å². The molecule has 1 saturated heterocycles. The summed E-state index contributed by atoms with van der Waals surface area (Å²) in [4.78, 5) is 12.0. The molecule has 0 spiro atoms. The van der Waals surface area contributed by atoms with Gasteiger partial charge in [0.25, 0.3) is 0 Å². The Morgan fingerprint density at radius 1 is 1.48 bits per heavy atom. The number of carbonyl (C=O) groups excluding carboxylic acids is 1. The highest BCUT2D eigenvalue weighted by Gasteiger charge is 2.41. The van der Waals surface area contributed by atoms with Crippen LogP contribution in [0.1, 0.15) is 35.5 Å². The van der Waals surface area contributed by atoms with Crippen LogP contribution in [0, 0.1) is 12.3 Å². The Hall–Kier alpha value is -0.670. The third-order valence-electron chi connectivity index (χ3n) is 4.16. The van der Waals surface area contributed by atoms with Gasteiger partial charge in [0.05, 0.1) is 7.11 Å². The molecule has 1 unspecified atom stereocenters. The number of halogens is 1. The number of nitrogens with two attached hydrogens (primary N) is 1. The number of carbonyl (C=O) groups is 1. The average Bonchev–Trinajstić information content (AvgIpc) is 2.83. The first-order valence-electron chi connectivity index (χ1n) is 7.03. The summed E-state index contributed by atoms with van der Waals surface area (Å²) in [6, 6.07) is -0.0393.